The summed E-state index contributed by atoms with van der Waals surface area (Å²) in [6, 6.07) is 6.22. The van der Waals surface area contributed by atoms with E-state index in [2.05, 4.69) is 4.74 Å². The average molecular weight is 316 g/mol. The van der Waals surface area contributed by atoms with Crippen LogP contribution in [0.2, 0.25) is 0 Å². The molecule has 0 fully saturated rings. The van der Waals surface area contributed by atoms with E-state index in [-0.39, 0.29) is 18.4 Å². The fourth-order valence-corrected chi connectivity index (χ4v) is 2.90. The number of methoxy groups -OCH3 is 1. The summed E-state index contributed by atoms with van der Waals surface area (Å²) in [5.74, 6) is -2.80. The molecule has 0 radical (unpaired) electrons. The molecule has 1 N–H and O–H groups in total. The van der Waals surface area contributed by atoms with Gasteiger partial charge in [0.25, 0.3) is 5.60 Å². The third-order valence-corrected chi connectivity index (χ3v) is 4.35. The fourth-order valence-electron chi connectivity index (χ4n) is 2.90. The topological polar surface area (TPSA) is 63.6 Å². The molecular formula is C15H15F3O4. The van der Waals surface area contributed by atoms with E-state index in [1.807, 2.05) is 0 Å². The first-order valence-electron chi connectivity index (χ1n) is 6.60. The lowest BCUT2D eigenvalue weighted by atomic mass is 9.61. The van der Waals surface area contributed by atoms with Crippen LogP contribution >= 0.6 is 0 Å². The molecule has 0 amide bonds. The van der Waals surface area contributed by atoms with Crippen molar-refractivity contribution >= 4 is 11.8 Å². The zero-order chi connectivity index (χ0) is 16.8. The van der Waals surface area contributed by atoms with Gasteiger partial charge in [0.1, 0.15) is 0 Å². The molecule has 1 aromatic carbocycles. The highest BCUT2D eigenvalue weighted by Gasteiger charge is 2.73. The van der Waals surface area contributed by atoms with Crippen LogP contribution in [0, 0.1) is 5.41 Å². The van der Waals surface area contributed by atoms with Gasteiger partial charge in [-0.3, -0.25) is 4.79 Å². The van der Waals surface area contributed by atoms with Crippen molar-refractivity contribution in [3.63, 3.8) is 0 Å². The first kappa shape index (κ1) is 16.5. The van der Waals surface area contributed by atoms with Crippen LogP contribution in [-0.2, 0) is 16.0 Å². The number of aliphatic hydroxyl groups is 1. The van der Waals surface area contributed by atoms with Crippen LogP contribution in [0.4, 0.5) is 13.2 Å². The zero-order valence-electron chi connectivity index (χ0n) is 12.0. The number of ketones is 1. The minimum atomic E-state index is -5.34. The summed E-state index contributed by atoms with van der Waals surface area (Å²) >= 11 is 0. The predicted molar refractivity (Wildman–Crippen MR) is 70.2 cm³/mol. The molecular weight excluding hydrogens is 301 g/mol. The molecule has 120 valence electrons. The Hall–Kier alpha value is -1.89. The molecule has 22 heavy (non-hydrogen) atoms. The van der Waals surface area contributed by atoms with Crippen molar-refractivity contribution in [3.8, 4) is 0 Å². The van der Waals surface area contributed by atoms with Crippen molar-refractivity contribution in [1.82, 2.24) is 0 Å². The van der Waals surface area contributed by atoms with Crippen molar-refractivity contribution < 1.29 is 32.6 Å². The summed E-state index contributed by atoms with van der Waals surface area (Å²) in [4.78, 5) is 24.3. The van der Waals surface area contributed by atoms with Crippen LogP contribution in [0.1, 0.15) is 29.3 Å². The van der Waals surface area contributed by atoms with Gasteiger partial charge in [-0.2, -0.15) is 13.2 Å². The quantitative estimate of drug-likeness (QED) is 0.850. The molecule has 0 aromatic heterocycles. The lowest BCUT2D eigenvalue weighted by molar-refractivity contribution is -0.287. The Kier molecular flexibility index (Phi) is 3.81. The molecule has 2 unspecified atom stereocenters. The number of Topliss-reactive ketones (excluding diaryl/α,β-unsaturated/α-hetero) is 1. The molecule has 2 rings (SSSR count). The van der Waals surface area contributed by atoms with Gasteiger partial charge in [0.2, 0.25) is 0 Å². The Morgan fingerprint density at radius 3 is 2.45 bits per heavy atom. The molecule has 2 atom stereocenters. The Morgan fingerprint density at radius 2 is 1.91 bits per heavy atom. The van der Waals surface area contributed by atoms with E-state index in [9.17, 15) is 27.9 Å². The van der Waals surface area contributed by atoms with Gasteiger partial charge in [0, 0.05) is 5.56 Å². The van der Waals surface area contributed by atoms with E-state index < -0.39 is 28.9 Å². The Bertz CT molecular complexity index is 625. The van der Waals surface area contributed by atoms with Gasteiger partial charge < -0.3 is 9.84 Å². The number of fused-ring (bicyclic) bond motifs is 1. The van der Waals surface area contributed by atoms with Crippen LogP contribution in [-0.4, -0.2) is 35.7 Å². The molecule has 1 aliphatic rings. The average Bonchev–Trinajstić information content (AvgIpc) is 2.48. The van der Waals surface area contributed by atoms with Gasteiger partial charge in [-0.1, -0.05) is 24.3 Å². The number of esters is 1. The van der Waals surface area contributed by atoms with Gasteiger partial charge >= 0.3 is 12.1 Å². The number of ether oxygens (including phenoxy) is 1. The van der Waals surface area contributed by atoms with Crippen molar-refractivity contribution in [2.24, 2.45) is 5.41 Å². The number of rotatable bonds is 2. The minimum Gasteiger partial charge on any atom is -0.467 e. The number of halogens is 3. The van der Waals surface area contributed by atoms with Crippen LogP contribution in [0.5, 0.6) is 0 Å². The van der Waals surface area contributed by atoms with Crippen molar-refractivity contribution in [3.05, 3.63) is 35.4 Å². The number of benzene rings is 1. The van der Waals surface area contributed by atoms with E-state index in [0.717, 1.165) is 14.0 Å². The monoisotopic (exact) mass is 316 g/mol. The van der Waals surface area contributed by atoms with Gasteiger partial charge in [0.05, 0.1) is 12.5 Å². The third-order valence-electron chi connectivity index (χ3n) is 4.35. The fraction of sp³-hybridized carbons (Fsp3) is 0.467. The third kappa shape index (κ3) is 2.03. The van der Waals surface area contributed by atoms with Gasteiger partial charge in [-0.15, -0.1) is 0 Å². The Balaban J connectivity index is 2.63. The van der Waals surface area contributed by atoms with Crippen LogP contribution in [0.25, 0.3) is 0 Å². The van der Waals surface area contributed by atoms with Gasteiger partial charge in [-0.05, 0) is 25.3 Å². The number of hydrogen-bond donors (Lipinski definition) is 1. The van der Waals surface area contributed by atoms with Crippen LogP contribution < -0.4 is 0 Å². The zero-order valence-corrected chi connectivity index (χ0v) is 12.0. The van der Waals surface area contributed by atoms with Crippen molar-refractivity contribution in [2.75, 3.05) is 7.11 Å². The summed E-state index contributed by atoms with van der Waals surface area (Å²) in [6.45, 7) is 0.954. The predicted octanol–water partition coefficient (Wildman–Crippen LogP) is 2.29. The van der Waals surface area contributed by atoms with Crippen molar-refractivity contribution in [2.45, 2.75) is 31.5 Å². The highest BCUT2D eigenvalue weighted by molar-refractivity contribution is 6.06. The molecule has 0 bridgehead atoms. The SMILES string of the molecule is COC(=O)C(O)(C(F)(F)F)C1(C)CCc2ccccc2C1=O. The standard InChI is InChI=1S/C15H15F3O4/c1-13(14(21,12(20)22-2)15(16,17)18)8-7-9-5-3-4-6-10(9)11(13)19/h3-6,21H,7-8H2,1-2H3. The second-order valence-electron chi connectivity index (χ2n) is 5.52. The highest BCUT2D eigenvalue weighted by Crippen LogP contribution is 2.51. The maximum absolute atomic E-state index is 13.4. The largest absolute Gasteiger partial charge is 0.467 e. The first-order chi connectivity index (χ1) is 10.1. The summed E-state index contributed by atoms with van der Waals surface area (Å²) in [6.07, 6.45) is -5.50. The maximum atomic E-state index is 13.4. The van der Waals surface area contributed by atoms with Crippen LogP contribution in [0.15, 0.2) is 24.3 Å². The number of carbonyl (C=O) groups excluding carboxylic acids is 2. The molecule has 0 aliphatic heterocycles. The number of aryl methyl sites for hydroxylation is 1. The van der Waals surface area contributed by atoms with Crippen LogP contribution in [0.3, 0.4) is 0 Å². The second kappa shape index (κ2) is 5.08. The minimum absolute atomic E-state index is 0.0860. The Morgan fingerprint density at radius 1 is 1.32 bits per heavy atom. The lowest BCUT2D eigenvalue weighted by Gasteiger charge is -2.44. The lowest BCUT2D eigenvalue weighted by Crippen LogP contribution is -2.66. The number of hydrogen-bond acceptors (Lipinski definition) is 4. The molecule has 0 saturated heterocycles. The van der Waals surface area contributed by atoms with E-state index >= 15 is 0 Å². The van der Waals surface area contributed by atoms with E-state index in [0.29, 0.717) is 5.56 Å². The number of carbonyl (C=O) groups is 2. The number of alkyl halides is 3. The van der Waals surface area contributed by atoms with E-state index in [1.165, 1.54) is 12.1 Å². The molecule has 7 heteroatoms. The highest BCUT2D eigenvalue weighted by atomic mass is 19.4. The van der Waals surface area contributed by atoms with E-state index in [1.54, 1.807) is 12.1 Å². The molecule has 0 heterocycles. The van der Waals surface area contributed by atoms with Gasteiger partial charge in [0.15, 0.2) is 5.78 Å². The molecule has 4 nitrogen and oxygen atoms in total. The molecule has 1 aromatic rings. The second-order valence-corrected chi connectivity index (χ2v) is 5.52. The summed E-state index contributed by atoms with van der Waals surface area (Å²) in [5, 5.41) is 10.2. The summed E-state index contributed by atoms with van der Waals surface area (Å²) in [7, 11) is 0.740. The maximum Gasteiger partial charge on any atom is 0.429 e. The Labute approximate surface area is 124 Å². The smallest absolute Gasteiger partial charge is 0.429 e. The molecule has 0 saturated carbocycles. The summed E-state index contributed by atoms with van der Waals surface area (Å²) in [5.41, 5.74) is -5.55. The first-order valence-corrected chi connectivity index (χ1v) is 6.60. The van der Waals surface area contributed by atoms with Crippen molar-refractivity contribution in [1.29, 1.82) is 0 Å². The summed E-state index contributed by atoms with van der Waals surface area (Å²) < 4.78 is 44.4. The normalized spacial score (nSPS) is 24.4. The molecule has 1 aliphatic carbocycles. The molecule has 0 spiro atoms. The van der Waals surface area contributed by atoms with Gasteiger partial charge in [-0.25, -0.2) is 4.79 Å². The van der Waals surface area contributed by atoms with E-state index in [4.69, 9.17) is 0 Å².